The first-order chi connectivity index (χ1) is 9.66. The Morgan fingerprint density at radius 1 is 1.30 bits per heavy atom. The summed E-state index contributed by atoms with van der Waals surface area (Å²) in [6.45, 7) is -0.178. The maximum atomic E-state index is 12.7. The second-order valence-corrected chi connectivity index (χ2v) is 6.50. The molecule has 1 N–H and O–H groups in total. The number of carbonyl (C=O) groups is 2. The summed E-state index contributed by atoms with van der Waals surface area (Å²) in [5, 5.41) is 8.77. The molecule has 0 aromatic heterocycles. The Balaban J connectivity index is 1.84. The normalized spacial score (nSPS) is 21.1. The number of benzene rings is 1. The molecule has 1 amide bonds. The van der Waals surface area contributed by atoms with Crippen molar-refractivity contribution in [2.45, 2.75) is 30.6 Å². The quantitative estimate of drug-likeness (QED) is 0.923. The van der Waals surface area contributed by atoms with Gasteiger partial charge in [-0.05, 0) is 36.1 Å². The zero-order chi connectivity index (χ0) is 14.1. The van der Waals surface area contributed by atoms with E-state index >= 15 is 0 Å². The number of aliphatic carboxylic acids is 1. The van der Waals surface area contributed by atoms with Crippen molar-refractivity contribution in [3.8, 4) is 0 Å². The number of hydrogen-bond acceptors (Lipinski definition) is 3. The van der Waals surface area contributed by atoms with E-state index < -0.39 is 5.97 Å². The average Bonchev–Trinajstić information content (AvgIpc) is 3.28. The van der Waals surface area contributed by atoms with E-state index in [1.807, 2.05) is 18.2 Å². The molecule has 1 aliphatic carbocycles. The van der Waals surface area contributed by atoms with Crippen LogP contribution in [0.3, 0.4) is 0 Å². The molecule has 1 atom stereocenters. The van der Waals surface area contributed by atoms with Gasteiger partial charge in [-0.25, -0.2) is 0 Å². The summed E-state index contributed by atoms with van der Waals surface area (Å²) < 4.78 is 0. The molecule has 4 nitrogen and oxygen atoms in total. The fourth-order valence-electron chi connectivity index (χ4n) is 2.67. The molecule has 1 aromatic rings. The summed E-state index contributed by atoms with van der Waals surface area (Å²) in [6, 6.07) is 8.13. The van der Waals surface area contributed by atoms with Crippen molar-refractivity contribution >= 4 is 23.6 Å². The highest BCUT2D eigenvalue weighted by molar-refractivity contribution is 8.00. The van der Waals surface area contributed by atoms with Crippen LogP contribution in [0, 0.1) is 0 Å². The molecule has 5 heteroatoms. The molecule has 1 saturated carbocycles. The van der Waals surface area contributed by atoms with Gasteiger partial charge >= 0.3 is 5.97 Å². The molecule has 1 heterocycles. The van der Waals surface area contributed by atoms with Crippen LogP contribution in [0.4, 0.5) is 0 Å². The van der Waals surface area contributed by atoms with Crippen LogP contribution in [0.1, 0.15) is 29.2 Å². The molecule has 0 saturated heterocycles. The van der Waals surface area contributed by atoms with Crippen molar-refractivity contribution in [1.82, 2.24) is 4.90 Å². The number of carboxylic acid groups (broad SMARTS) is 1. The summed E-state index contributed by atoms with van der Waals surface area (Å²) >= 11 is 1.63. The lowest BCUT2D eigenvalue weighted by atomic mass is 10.0. The van der Waals surface area contributed by atoms with Crippen molar-refractivity contribution in [2.75, 3.05) is 12.3 Å². The number of carbonyl (C=O) groups excluding carboxylic acids is 1. The number of rotatable bonds is 4. The molecule has 0 unspecified atom stereocenters. The molecule has 0 bridgehead atoms. The van der Waals surface area contributed by atoms with Crippen LogP contribution in [0.15, 0.2) is 24.3 Å². The second-order valence-electron chi connectivity index (χ2n) is 5.29. The Morgan fingerprint density at radius 2 is 2.05 bits per heavy atom. The average molecular weight is 291 g/mol. The topological polar surface area (TPSA) is 57.6 Å². The number of nitrogens with zero attached hydrogens (tertiary/aromatic N) is 1. The first-order valence-electron chi connectivity index (χ1n) is 6.88. The van der Waals surface area contributed by atoms with Crippen molar-refractivity contribution in [3.05, 3.63) is 35.4 Å². The van der Waals surface area contributed by atoms with Gasteiger partial charge in [-0.15, -0.1) is 11.8 Å². The first-order valence-corrected chi connectivity index (χ1v) is 7.93. The maximum Gasteiger partial charge on any atom is 0.323 e. The fourth-order valence-corrected chi connectivity index (χ4v) is 3.93. The van der Waals surface area contributed by atoms with Crippen molar-refractivity contribution in [2.24, 2.45) is 0 Å². The van der Waals surface area contributed by atoms with Gasteiger partial charge in [0.2, 0.25) is 5.91 Å². The highest BCUT2D eigenvalue weighted by atomic mass is 32.2. The van der Waals surface area contributed by atoms with E-state index in [1.165, 1.54) is 5.56 Å². The van der Waals surface area contributed by atoms with E-state index in [4.69, 9.17) is 5.11 Å². The Labute approximate surface area is 122 Å². The lowest BCUT2D eigenvalue weighted by molar-refractivity contribution is -0.144. The van der Waals surface area contributed by atoms with Crippen LogP contribution in [0.5, 0.6) is 0 Å². The van der Waals surface area contributed by atoms with Crippen molar-refractivity contribution < 1.29 is 14.7 Å². The Morgan fingerprint density at radius 3 is 2.75 bits per heavy atom. The molecule has 1 fully saturated rings. The minimum atomic E-state index is -0.931. The van der Waals surface area contributed by atoms with Gasteiger partial charge in [-0.1, -0.05) is 24.3 Å². The van der Waals surface area contributed by atoms with Crippen LogP contribution in [0.2, 0.25) is 0 Å². The zero-order valence-electron chi connectivity index (χ0n) is 11.1. The summed E-state index contributed by atoms with van der Waals surface area (Å²) in [6.07, 6.45) is 2.84. The van der Waals surface area contributed by atoms with E-state index in [9.17, 15) is 9.59 Å². The number of fused-ring (bicyclic) bond motifs is 1. The van der Waals surface area contributed by atoms with E-state index in [1.54, 1.807) is 16.7 Å². The summed E-state index contributed by atoms with van der Waals surface area (Å²) in [5.74, 6) is -0.0506. The van der Waals surface area contributed by atoms with Gasteiger partial charge in [-0.3, -0.25) is 9.59 Å². The van der Waals surface area contributed by atoms with Gasteiger partial charge in [-0.2, -0.15) is 0 Å². The van der Waals surface area contributed by atoms with Crippen molar-refractivity contribution in [1.29, 1.82) is 0 Å². The predicted molar refractivity (Wildman–Crippen MR) is 77.7 cm³/mol. The standard InChI is InChI=1S/C15H17NO3S/c17-13(18)9-16(11-5-6-11)15(19)14-12-4-2-1-3-10(12)7-8-20-14/h1-4,11,14H,5-9H2,(H,17,18)/t14-/m0/s1. The number of thioether (sulfide) groups is 1. The molecular formula is C15H17NO3S. The summed E-state index contributed by atoms with van der Waals surface area (Å²) in [7, 11) is 0. The van der Waals surface area contributed by atoms with Crippen LogP contribution in [0.25, 0.3) is 0 Å². The lowest BCUT2D eigenvalue weighted by Crippen LogP contribution is -2.40. The van der Waals surface area contributed by atoms with E-state index in [0.717, 1.165) is 30.6 Å². The van der Waals surface area contributed by atoms with Crippen LogP contribution < -0.4 is 0 Å². The molecular weight excluding hydrogens is 274 g/mol. The molecule has 0 spiro atoms. The second kappa shape index (κ2) is 5.48. The molecule has 1 aliphatic heterocycles. The molecule has 106 valence electrons. The Kier molecular flexibility index (Phi) is 3.70. The number of amides is 1. The van der Waals surface area contributed by atoms with Gasteiger partial charge in [0.05, 0.1) is 0 Å². The van der Waals surface area contributed by atoms with Gasteiger partial charge in [0.1, 0.15) is 11.8 Å². The molecule has 2 aliphatic rings. The van der Waals surface area contributed by atoms with Crippen LogP contribution >= 0.6 is 11.8 Å². The Hall–Kier alpha value is -1.49. The number of carboxylic acids is 1. The smallest absolute Gasteiger partial charge is 0.323 e. The Bertz CT molecular complexity index is 542. The van der Waals surface area contributed by atoms with Gasteiger partial charge in [0.25, 0.3) is 0 Å². The van der Waals surface area contributed by atoms with Crippen LogP contribution in [-0.4, -0.2) is 40.2 Å². The number of aryl methyl sites for hydroxylation is 1. The monoisotopic (exact) mass is 291 g/mol. The summed E-state index contributed by atoms with van der Waals surface area (Å²) in [4.78, 5) is 25.3. The molecule has 20 heavy (non-hydrogen) atoms. The highest BCUT2D eigenvalue weighted by Crippen LogP contribution is 2.40. The maximum absolute atomic E-state index is 12.7. The SMILES string of the molecule is O=C(O)CN(C(=O)[C@H]1SCCc2ccccc21)C1CC1. The van der Waals surface area contributed by atoms with Crippen molar-refractivity contribution in [3.63, 3.8) is 0 Å². The van der Waals surface area contributed by atoms with E-state index in [0.29, 0.717) is 0 Å². The van der Waals surface area contributed by atoms with Gasteiger partial charge in [0.15, 0.2) is 0 Å². The zero-order valence-corrected chi connectivity index (χ0v) is 11.9. The third kappa shape index (κ3) is 2.68. The largest absolute Gasteiger partial charge is 0.480 e. The number of hydrogen-bond donors (Lipinski definition) is 1. The van der Waals surface area contributed by atoms with Gasteiger partial charge < -0.3 is 10.0 Å². The van der Waals surface area contributed by atoms with Crippen LogP contribution in [-0.2, 0) is 16.0 Å². The minimum Gasteiger partial charge on any atom is -0.480 e. The molecule has 1 aromatic carbocycles. The third-order valence-electron chi connectivity index (χ3n) is 3.79. The van der Waals surface area contributed by atoms with E-state index in [2.05, 4.69) is 6.07 Å². The highest BCUT2D eigenvalue weighted by Gasteiger charge is 2.38. The third-order valence-corrected chi connectivity index (χ3v) is 5.02. The summed E-state index contributed by atoms with van der Waals surface area (Å²) in [5.41, 5.74) is 2.28. The molecule has 3 rings (SSSR count). The van der Waals surface area contributed by atoms with E-state index in [-0.39, 0.29) is 23.7 Å². The lowest BCUT2D eigenvalue weighted by Gasteiger charge is -2.29. The molecule has 0 radical (unpaired) electrons. The van der Waals surface area contributed by atoms with Gasteiger partial charge in [0, 0.05) is 6.04 Å². The first kappa shape index (κ1) is 13.5. The fraction of sp³-hybridized carbons (Fsp3) is 0.467. The minimum absolute atomic E-state index is 0.0351. The predicted octanol–water partition coefficient (Wildman–Crippen LogP) is 2.09.